The normalized spacial score (nSPS) is 15.0. The maximum absolute atomic E-state index is 5.92. The highest BCUT2D eigenvalue weighted by atomic mass is 32.1. The van der Waals surface area contributed by atoms with Crippen molar-refractivity contribution in [3.05, 3.63) is 42.7 Å². The fourth-order valence-electron chi connectivity index (χ4n) is 2.49. The van der Waals surface area contributed by atoms with E-state index in [4.69, 9.17) is 9.47 Å². The molecule has 1 aliphatic rings. The first-order valence-corrected chi connectivity index (χ1v) is 8.87. The Kier molecular flexibility index (Phi) is 4.80. The average molecular weight is 355 g/mol. The molecule has 4 rings (SSSR count). The average Bonchev–Trinajstić information content (AvgIpc) is 3.14. The van der Waals surface area contributed by atoms with Gasteiger partial charge in [0.25, 0.3) is 0 Å². The molecule has 0 spiro atoms. The maximum atomic E-state index is 5.92. The van der Waals surface area contributed by atoms with Crippen LogP contribution in [0.2, 0.25) is 0 Å². The minimum absolute atomic E-state index is 0.207. The topological polar surface area (TPSA) is 82.1 Å². The summed E-state index contributed by atoms with van der Waals surface area (Å²) < 4.78 is 15.6. The van der Waals surface area contributed by atoms with E-state index in [1.807, 2.05) is 30.3 Å². The van der Waals surface area contributed by atoms with Crippen molar-refractivity contribution in [2.45, 2.75) is 18.9 Å². The van der Waals surface area contributed by atoms with E-state index < -0.39 is 0 Å². The second-order valence-corrected chi connectivity index (χ2v) is 6.32. The molecule has 3 aromatic rings. The van der Waals surface area contributed by atoms with Crippen LogP contribution >= 0.6 is 11.5 Å². The van der Waals surface area contributed by atoms with E-state index in [-0.39, 0.29) is 6.10 Å². The van der Waals surface area contributed by atoms with Crippen LogP contribution in [0.1, 0.15) is 12.8 Å². The first kappa shape index (κ1) is 15.9. The first-order chi connectivity index (χ1) is 12.4. The summed E-state index contributed by atoms with van der Waals surface area (Å²) in [5, 5.41) is 3.83. The summed E-state index contributed by atoms with van der Waals surface area (Å²) in [5.41, 5.74) is 0.750. The molecule has 0 aliphatic carbocycles. The third-order valence-electron chi connectivity index (χ3n) is 3.76. The monoisotopic (exact) mass is 355 g/mol. The summed E-state index contributed by atoms with van der Waals surface area (Å²) in [6.45, 7) is 1.51. The van der Waals surface area contributed by atoms with Crippen molar-refractivity contribution < 1.29 is 9.47 Å². The third-order valence-corrected chi connectivity index (χ3v) is 4.39. The molecule has 25 heavy (non-hydrogen) atoms. The summed E-state index contributed by atoms with van der Waals surface area (Å²) >= 11 is 1.27. The van der Waals surface area contributed by atoms with Gasteiger partial charge in [0.2, 0.25) is 5.13 Å². The van der Waals surface area contributed by atoms with Crippen LogP contribution in [0, 0.1) is 0 Å². The largest absolute Gasteiger partial charge is 0.489 e. The fraction of sp³-hybridized carbons (Fsp3) is 0.294. The Morgan fingerprint density at radius 2 is 2.04 bits per heavy atom. The van der Waals surface area contributed by atoms with Crippen LogP contribution in [0.5, 0.6) is 5.75 Å². The molecule has 0 unspecified atom stereocenters. The van der Waals surface area contributed by atoms with Crippen LogP contribution in [0.3, 0.4) is 0 Å². The standard InChI is InChI=1S/C17H17N5O2S/c1-2-8-18-14(3-1)16-21-17(25-22-16)20-15-5-4-13(11-19-15)24-12-6-9-23-10-7-12/h1-5,8,11-12H,6-7,9-10H2,(H,19,20,21,22). The predicted molar refractivity (Wildman–Crippen MR) is 95.1 cm³/mol. The zero-order valence-electron chi connectivity index (χ0n) is 13.5. The molecular weight excluding hydrogens is 338 g/mol. The van der Waals surface area contributed by atoms with Gasteiger partial charge in [0, 0.05) is 30.6 Å². The molecule has 0 amide bonds. The van der Waals surface area contributed by atoms with Crippen molar-refractivity contribution in [2.24, 2.45) is 0 Å². The van der Waals surface area contributed by atoms with Gasteiger partial charge in [-0.25, -0.2) is 4.98 Å². The molecule has 4 heterocycles. The highest BCUT2D eigenvalue weighted by Crippen LogP contribution is 2.23. The van der Waals surface area contributed by atoms with Gasteiger partial charge in [-0.3, -0.25) is 4.98 Å². The smallest absolute Gasteiger partial charge is 0.208 e. The van der Waals surface area contributed by atoms with Crippen molar-refractivity contribution in [1.29, 1.82) is 0 Å². The van der Waals surface area contributed by atoms with Gasteiger partial charge < -0.3 is 14.8 Å². The molecule has 1 aliphatic heterocycles. The zero-order chi connectivity index (χ0) is 16.9. The summed E-state index contributed by atoms with van der Waals surface area (Å²) in [6.07, 6.45) is 5.49. The Bertz CT molecular complexity index is 803. The number of pyridine rings is 2. The van der Waals surface area contributed by atoms with Crippen LogP contribution in [-0.2, 0) is 4.74 Å². The Morgan fingerprint density at radius 3 is 2.80 bits per heavy atom. The van der Waals surface area contributed by atoms with Gasteiger partial charge in [-0.1, -0.05) is 6.07 Å². The lowest BCUT2D eigenvalue weighted by atomic mass is 10.1. The van der Waals surface area contributed by atoms with Crippen LogP contribution < -0.4 is 10.1 Å². The van der Waals surface area contributed by atoms with E-state index >= 15 is 0 Å². The quantitative estimate of drug-likeness (QED) is 0.752. The van der Waals surface area contributed by atoms with E-state index in [0.717, 1.165) is 37.5 Å². The molecule has 7 nitrogen and oxygen atoms in total. The van der Waals surface area contributed by atoms with Gasteiger partial charge in [-0.2, -0.15) is 9.36 Å². The lowest BCUT2D eigenvalue weighted by Crippen LogP contribution is -2.25. The summed E-state index contributed by atoms with van der Waals surface area (Å²) in [6, 6.07) is 9.44. The van der Waals surface area contributed by atoms with Gasteiger partial charge in [-0.05, 0) is 24.3 Å². The third kappa shape index (κ3) is 4.09. The molecular formula is C17H17N5O2S. The van der Waals surface area contributed by atoms with Crippen LogP contribution in [0.25, 0.3) is 11.5 Å². The highest BCUT2D eigenvalue weighted by Gasteiger charge is 2.15. The Labute approximate surface area is 149 Å². The second-order valence-electron chi connectivity index (χ2n) is 5.57. The zero-order valence-corrected chi connectivity index (χ0v) is 14.3. The number of nitrogens with one attached hydrogen (secondary N) is 1. The number of rotatable bonds is 5. The molecule has 8 heteroatoms. The van der Waals surface area contributed by atoms with Gasteiger partial charge >= 0.3 is 0 Å². The molecule has 1 saturated heterocycles. The van der Waals surface area contributed by atoms with Crippen molar-refractivity contribution in [3.63, 3.8) is 0 Å². The van der Waals surface area contributed by atoms with Crippen molar-refractivity contribution in [3.8, 4) is 17.3 Å². The molecule has 3 aromatic heterocycles. The van der Waals surface area contributed by atoms with Crippen LogP contribution in [0.15, 0.2) is 42.7 Å². The maximum Gasteiger partial charge on any atom is 0.208 e. The number of aromatic nitrogens is 4. The number of hydrogen-bond donors (Lipinski definition) is 1. The van der Waals surface area contributed by atoms with Crippen LogP contribution in [0.4, 0.5) is 10.9 Å². The summed E-state index contributed by atoms with van der Waals surface area (Å²) in [5.74, 6) is 2.07. The van der Waals surface area contributed by atoms with E-state index in [1.54, 1.807) is 12.4 Å². The van der Waals surface area contributed by atoms with Crippen LogP contribution in [-0.4, -0.2) is 38.6 Å². The SMILES string of the molecule is c1ccc(-c2nsc(Nc3ccc(OC4CCOCC4)cn3)n2)nc1. The van der Waals surface area contributed by atoms with Gasteiger partial charge in [-0.15, -0.1) is 0 Å². The van der Waals surface area contributed by atoms with Gasteiger partial charge in [0.15, 0.2) is 5.82 Å². The molecule has 0 aromatic carbocycles. The van der Waals surface area contributed by atoms with E-state index in [1.165, 1.54) is 11.5 Å². The fourth-order valence-corrected chi connectivity index (χ4v) is 3.08. The molecule has 0 atom stereocenters. The predicted octanol–water partition coefficient (Wildman–Crippen LogP) is 3.30. The summed E-state index contributed by atoms with van der Waals surface area (Å²) in [4.78, 5) is 13.1. The van der Waals surface area contributed by atoms with Crippen molar-refractivity contribution >= 4 is 22.5 Å². The molecule has 128 valence electrons. The minimum Gasteiger partial charge on any atom is -0.489 e. The minimum atomic E-state index is 0.207. The van der Waals surface area contributed by atoms with Gasteiger partial charge in [0.05, 0.1) is 19.4 Å². The van der Waals surface area contributed by atoms with Crippen molar-refractivity contribution in [2.75, 3.05) is 18.5 Å². The number of nitrogens with zero attached hydrogens (tertiary/aromatic N) is 4. The second kappa shape index (κ2) is 7.54. The molecule has 1 fully saturated rings. The number of anilines is 2. The number of ether oxygens (including phenoxy) is 2. The van der Waals surface area contributed by atoms with Gasteiger partial charge in [0.1, 0.15) is 23.4 Å². The molecule has 0 saturated carbocycles. The first-order valence-electron chi connectivity index (χ1n) is 8.09. The lowest BCUT2D eigenvalue weighted by molar-refractivity contribution is 0.0254. The lowest BCUT2D eigenvalue weighted by Gasteiger charge is -2.23. The molecule has 0 bridgehead atoms. The van der Waals surface area contributed by atoms with Crippen molar-refractivity contribution in [1.82, 2.24) is 19.3 Å². The Hall–Kier alpha value is -2.58. The Balaban J connectivity index is 1.39. The summed E-state index contributed by atoms with van der Waals surface area (Å²) in [7, 11) is 0. The van der Waals surface area contributed by atoms with E-state index in [2.05, 4.69) is 24.6 Å². The van der Waals surface area contributed by atoms with E-state index in [0.29, 0.717) is 16.8 Å². The number of hydrogen-bond acceptors (Lipinski definition) is 8. The molecule has 0 radical (unpaired) electrons. The van der Waals surface area contributed by atoms with E-state index in [9.17, 15) is 0 Å². The Morgan fingerprint density at radius 1 is 1.12 bits per heavy atom. The molecule has 1 N–H and O–H groups in total. The highest BCUT2D eigenvalue weighted by molar-refractivity contribution is 7.09.